The van der Waals surface area contributed by atoms with Gasteiger partial charge in [0.25, 0.3) is 5.91 Å². The molecule has 1 heterocycles. The highest BCUT2D eigenvalue weighted by Crippen LogP contribution is 2.18. The zero-order valence-electron chi connectivity index (χ0n) is 13.1. The maximum absolute atomic E-state index is 12.2. The fourth-order valence-corrected chi connectivity index (χ4v) is 3.06. The van der Waals surface area contributed by atoms with Crippen LogP contribution in [0, 0.1) is 13.8 Å². The molecule has 0 fully saturated rings. The van der Waals surface area contributed by atoms with Crippen molar-refractivity contribution in [2.45, 2.75) is 33.2 Å². The van der Waals surface area contributed by atoms with Crippen LogP contribution in [0.25, 0.3) is 0 Å². The average molecular weight is 340 g/mol. The van der Waals surface area contributed by atoms with Crippen LogP contribution in [0.1, 0.15) is 45.2 Å². The highest BCUT2D eigenvalue weighted by molar-refractivity contribution is 7.09. The Hall–Kier alpha value is -1.43. The fourth-order valence-electron chi connectivity index (χ4n) is 2.27. The van der Waals surface area contributed by atoms with Crippen molar-refractivity contribution in [3.05, 3.63) is 51.0 Å². The number of nitrogens with zero attached hydrogens (tertiary/aromatic N) is 1. The summed E-state index contributed by atoms with van der Waals surface area (Å²) in [6.07, 6.45) is 0.713. The van der Waals surface area contributed by atoms with Gasteiger partial charge in [0.15, 0.2) is 0 Å². The lowest BCUT2D eigenvalue weighted by molar-refractivity contribution is 0.0935. The van der Waals surface area contributed by atoms with E-state index in [1.807, 2.05) is 6.92 Å². The number of halogens is 1. The summed E-state index contributed by atoms with van der Waals surface area (Å²) >= 11 is 1.48. The third-order valence-corrected chi connectivity index (χ3v) is 4.14. The molecular weight excluding hydrogens is 318 g/mol. The van der Waals surface area contributed by atoms with Gasteiger partial charge in [0.1, 0.15) is 5.69 Å². The van der Waals surface area contributed by atoms with E-state index in [1.54, 1.807) is 5.38 Å². The molecule has 0 aliphatic carbocycles. The molecule has 1 amide bonds. The molecule has 1 aromatic heterocycles. The van der Waals surface area contributed by atoms with Crippen LogP contribution < -0.4 is 11.1 Å². The minimum Gasteiger partial charge on any atom is -0.344 e. The largest absolute Gasteiger partial charge is 0.344 e. The van der Waals surface area contributed by atoms with E-state index in [-0.39, 0.29) is 24.4 Å². The first-order chi connectivity index (χ1) is 9.99. The normalized spacial score (nSPS) is 11.6. The molecule has 0 aliphatic rings. The van der Waals surface area contributed by atoms with Gasteiger partial charge >= 0.3 is 0 Å². The molecule has 1 atom stereocenters. The Balaban J connectivity index is 0.00000242. The zero-order valence-corrected chi connectivity index (χ0v) is 14.7. The molecule has 120 valence electrons. The molecule has 4 nitrogen and oxygen atoms in total. The topological polar surface area (TPSA) is 68.0 Å². The number of carbonyl (C=O) groups excluding carboxylic acids is 1. The molecule has 0 spiro atoms. The standard InChI is InChI=1S/C16H21N3OS.ClH/c1-10-6-11(2)8-13(7-10)12(3)18-16(20)14-9-21-15(19-14)4-5-17;/h6-9,12H,4-5,17H2,1-3H3,(H,18,20);1H. The lowest BCUT2D eigenvalue weighted by atomic mass is 10.0. The van der Waals surface area contributed by atoms with E-state index in [1.165, 1.54) is 22.5 Å². The van der Waals surface area contributed by atoms with Gasteiger partial charge in [-0.05, 0) is 32.9 Å². The predicted molar refractivity (Wildman–Crippen MR) is 93.9 cm³/mol. The van der Waals surface area contributed by atoms with Crippen molar-refractivity contribution >= 4 is 29.7 Å². The van der Waals surface area contributed by atoms with Gasteiger partial charge in [0.2, 0.25) is 0 Å². The first-order valence-corrected chi connectivity index (χ1v) is 7.91. The molecule has 2 aromatic rings. The van der Waals surface area contributed by atoms with E-state index in [4.69, 9.17) is 5.73 Å². The number of hydrogen-bond donors (Lipinski definition) is 2. The molecule has 0 saturated heterocycles. The minimum absolute atomic E-state index is 0. The van der Waals surface area contributed by atoms with Crippen LogP contribution >= 0.6 is 23.7 Å². The number of benzene rings is 1. The van der Waals surface area contributed by atoms with Crippen LogP contribution in [0.15, 0.2) is 23.6 Å². The van der Waals surface area contributed by atoms with Gasteiger partial charge in [-0.25, -0.2) is 4.98 Å². The highest BCUT2D eigenvalue weighted by atomic mass is 35.5. The number of rotatable bonds is 5. The molecule has 0 radical (unpaired) electrons. The van der Waals surface area contributed by atoms with Gasteiger partial charge in [-0.15, -0.1) is 23.7 Å². The van der Waals surface area contributed by atoms with E-state index < -0.39 is 0 Å². The Morgan fingerprint density at radius 1 is 1.32 bits per heavy atom. The van der Waals surface area contributed by atoms with E-state index in [2.05, 4.69) is 42.3 Å². The molecule has 0 aliphatic heterocycles. The Morgan fingerprint density at radius 3 is 2.55 bits per heavy atom. The number of aryl methyl sites for hydroxylation is 2. The van der Waals surface area contributed by atoms with Crippen molar-refractivity contribution in [2.75, 3.05) is 6.54 Å². The Morgan fingerprint density at radius 2 is 1.95 bits per heavy atom. The van der Waals surface area contributed by atoms with Gasteiger partial charge < -0.3 is 11.1 Å². The van der Waals surface area contributed by atoms with Gasteiger partial charge in [-0.2, -0.15) is 0 Å². The van der Waals surface area contributed by atoms with Gasteiger partial charge in [-0.1, -0.05) is 29.3 Å². The number of nitrogens with one attached hydrogen (secondary N) is 1. The fraction of sp³-hybridized carbons (Fsp3) is 0.375. The second kappa shape index (κ2) is 8.27. The summed E-state index contributed by atoms with van der Waals surface area (Å²) in [6, 6.07) is 6.27. The van der Waals surface area contributed by atoms with Crippen molar-refractivity contribution in [1.82, 2.24) is 10.3 Å². The van der Waals surface area contributed by atoms with Crippen LogP contribution in [0.4, 0.5) is 0 Å². The van der Waals surface area contributed by atoms with E-state index in [0.29, 0.717) is 18.7 Å². The summed E-state index contributed by atoms with van der Waals surface area (Å²) in [5.41, 5.74) is 9.48. The number of nitrogens with two attached hydrogens (primary N) is 1. The van der Waals surface area contributed by atoms with Crippen molar-refractivity contribution < 1.29 is 4.79 Å². The second-order valence-corrected chi connectivity index (χ2v) is 6.22. The first kappa shape index (κ1) is 18.6. The van der Waals surface area contributed by atoms with Crippen molar-refractivity contribution in [3.63, 3.8) is 0 Å². The van der Waals surface area contributed by atoms with Gasteiger partial charge in [0.05, 0.1) is 11.0 Å². The van der Waals surface area contributed by atoms with Crippen molar-refractivity contribution in [2.24, 2.45) is 5.73 Å². The average Bonchev–Trinajstić information content (AvgIpc) is 2.86. The maximum Gasteiger partial charge on any atom is 0.271 e. The van der Waals surface area contributed by atoms with E-state index >= 15 is 0 Å². The number of aromatic nitrogens is 1. The Labute approximate surface area is 141 Å². The minimum atomic E-state index is -0.138. The molecule has 0 bridgehead atoms. The summed E-state index contributed by atoms with van der Waals surface area (Å²) < 4.78 is 0. The first-order valence-electron chi connectivity index (χ1n) is 7.03. The zero-order chi connectivity index (χ0) is 15.4. The van der Waals surface area contributed by atoms with Gasteiger partial charge in [-0.3, -0.25) is 4.79 Å². The lowest BCUT2D eigenvalue weighted by Gasteiger charge is -2.15. The predicted octanol–water partition coefficient (Wildman–Crippen LogP) is 3.17. The second-order valence-electron chi connectivity index (χ2n) is 5.28. The molecule has 1 unspecified atom stereocenters. The summed E-state index contributed by atoms with van der Waals surface area (Å²) in [4.78, 5) is 16.5. The molecule has 0 saturated carbocycles. The number of hydrogen-bond acceptors (Lipinski definition) is 4. The lowest BCUT2D eigenvalue weighted by Crippen LogP contribution is -2.27. The van der Waals surface area contributed by atoms with Crippen LogP contribution in [0.2, 0.25) is 0 Å². The summed E-state index contributed by atoms with van der Waals surface area (Å²) in [6.45, 7) is 6.65. The number of amides is 1. The molecular formula is C16H22ClN3OS. The quantitative estimate of drug-likeness (QED) is 0.879. The van der Waals surface area contributed by atoms with E-state index in [0.717, 1.165) is 10.6 Å². The number of carbonyl (C=O) groups is 1. The third kappa shape index (κ3) is 4.80. The van der Waals surface area contributed by atoms with Crippen LogP contribution in [0.5, 0.6) is 0 Å². The van der Waals surface area contributed by atoms with Gasteiger partial charge in [0, 0.05) is 11.8 Å². The van der Waals surface area contributed by atoms with Crippen LogP contribution in [0.3, 0.4) is 0 Å². The smallest absolute Gasteiger partial charge is 0.271 e. The Bertz CT molecular complexity index is 622. The van der Waals surface area contributed by atoms with E-state index in [9.17, 15) is 4.79 Å². The summed E-state index contributed by atoms with van der Waals surface area (Å²) in [5, 5.41) is 5.69. The van der Waals surface area contributed by atoms with Crippen LogP contribution in [-0.4, -0.2) is 17.4 Å². The number of thiazole rings is 1. The summed E-state index contributed by atoms with van der Waals surface area (Å²) in [7, 11) is 0. The molecule has 1 aromatic carbocycles. The molecule has 2 rings (SSSR count). The SMILES string of the molecule is Cc1cc(C)cc(C(C)NC(=O)c2csc(CCN)n2)c1.Cl. The summed E-state index contributed by atoms with van der Waals surface area (Å²) in [5.74, 6) is -0.138. The molecule has 6 heteroatoms. The monoisotopic (exact) mass is 339 g/mol. The van der Waals surface area contributed by atoms with Crippen molar-refractivity contribution in [1.29, 1.82) is 0 Å². The molecule has 22 heavy (non-hydrogen) atoms. The molecule has 3 N–H and O–H groups in total. The Kier molecular flexibility index (Phi) is 7.00. The maximum atomic E-state index is 12.2. The third-order valence-electron chi connectivity index (χ3n) is 3.23. The van der Waals surface area contributed by atoms with Crippen molar-refractivity contribution in [3.8, 4) is 0 Å². The van der Waals surface area contributed by atoms with Crippen LogP contribution in [-0.2, 0) is 6.42 Å². The highest BCUT2D eigenvalue weighted by Gasteiger charge is 2.14.